The molecule has 2 saturated carbocycles. The molecule has 4 rings (SSSR count). The normalized spacial score (nSPS) is 20.5. The molecule has 1 aromatic rings. The second-order valence-electron chi connectivity index (χ2n) is 9.16. The molecule has 2 fully saturated rings. The van der Waals surface area contributed by atoms with E-state index >= 15 is 0 Å². The van der Waals surface area contributed by atoms with Crippen LogP contribution in [0.25, 0.3) is 0 Å². The Morgan fingerprint density at radius 2 is 2.07 bits per heavy atom. The van der Waals surface area contributed by atoms with Gasteiger partial charge in [-0.3, -0.25) is 4.79 Å². The topological polar surface area (TPSA) is 62.5 Å². The smallest absolute Gasteiger partial charge is 0.254 e. The predicted octanol–water partition coefficient (Wildman–Crippen LogP) is 3.90. The van der Waals surface area contributed by atoms with E-state index in [0.717, 1.165) is 60.6 Å². The lowest BCUT2D eigenvalue weighted by Crippen LogP contribution is -2.40. The molecule has 0 radical (unpaired) electrons. The average molecular weight is 396 g/mol. The first-order chi connectivity index (χ1) is 13.9. The first-order valence-corrected chi connectivity index (χ1v) is 10.9. The molecule has 156 valence electrons. The summed E-state index contributed by atoms with van der Waals surface area (Å²) in [4.78, 5) is 24.5. The van der Waals surface area contributed by atoms with Crippen LogP contribution < -0.4 is 5.32 Å². The largest absolute Gasteiger partial charge is 0.365 e. The molecule has 2 aliphatic carbocycles. The number of carbonyl (C=O) groups excluding carboxylic acids is 1. The van der Waals surface area contributed by atoms with Crippen LogP contribution in [-0.4, -0.2) is 39.2 Å². The van der Waals surface area contributed by atoms with Gasteiger partial charge < -0.3 is 14.8 Å². The van der Waals surface area contributed by atoms with Crippen LogP contribution >= 0.6 is 0 Å². The summed E-state index contributed by atoms with van der Waals surface area (Å²) < 4.78 is 2.33. The summed E-state index contributed by atoms with van der Waals surface area (Å²) in [6.45, 7) is 14.3. The minimum Gasteiger partial charge on any atom is -0.365 e. The molecule has 0 unspecified atom stereocenters. The van der Waals surface area contributed by atoms with Gasteiger partial charge in [-0.2, -0.15) is 0 Å². The Bertz CT molecular complexity index is 894. The van der Waals surface area contributed by atoms with E-state index in [4.69, 9.17) is 0 Å². The van der Waals surface area contributed by atoms with Crippen molar-refractivity contribution in [3.8, 4) is 0 Å². The summed E-state index contributed by atoms with van der Waals surface area (Å²) in [7, 11) is 0. The molecular weight excluding hydrogens is 362 g/mol. The van der Waals surface area contributed by atoms with Gasteiger partial charge in [0.2, 0.25) is 0 Å². The highest BCUT2D eigenvalue weighted by molar-refractivity contribution is 5.98. The Morgan fingerprint density at radius 1 is 1.34 bits per heavy atom. The molecular formula is C23H33N5O. The quantitative estimate of drug-likeness (QED) is 0.433. The number of amides is 1. The van der Waals surface area contributed by atoms with Crippen LogP contribution in [0, 0.1) is 0 Å². The van der Waals surface area contributed by atoms with Gasteiger partial charge >= 0.3 is 0 Å². The minimum absolute atomic E-state index is 0.0869. The molecule has 0 spiro atoms. The van der Waals surface area contributed by atoms with Crippen molar-refractivity contribution in [3.63, 3.8) is 0 Å². The molecule has 0 bridgehead atoms. The summed E-state index contributed by atoms with van der Waals surface area (Å²) in [5.41, 5.74) is 4.00. The Morgan fingerprint density at radius 3 is 2.62 bits per heavy atom. The van der Waals surface area contributed by atoms with E-state index in [9.17, 15) is 4.79 Å². The number of aromatic nitrogens is 2. The maximum Gasteiger partial charge on any atom is 0.254 e. The van der Waals surface area contributed by atoms with Crippen LogP contribution in [0.3, 0.4) is 0 Å². The van der Waals surface area contributed by atoms with Crippen LogP contribution in [0.15, 0.2) is 33.7 Å². The van der Waals surface area contributed by atoms with Crippen molar-refractivity contribution in [2.45, 2.75) is 84.3 Å². The number of hydrogen-bond acceptors (Lipinski definition) is 4. The summed E-state index contributed by atoms with van der Waals surface area (Å²) in [6.07, 6.45) is 7.43. The van der Waals surface area contributed by atoms with Gasteiger partial charge in [0, 0.05) is 35.7 Å². The monoisotopic (exact) mass is 395 g/mol. The lowest BCUT2D eigenvalue weighted by Gasteiger charge is -2.31. The van der Waals surface area contributed by atoms with Gasteiger partial charge in [-0.1, -0.05) is 12.5 Å². The molecule has 0 aromatic carbocycles. The second kappa shape index (κ2) is 7.47. The Kier molecular flexibility index (Phi) is 5.13. The molecule has 1 amide bonds. The van der Waals surface area contributed by atoms with Gasteiger partial charge in [-0.05, 0) is 59.6 Å². The van der Waals surface area contributed by atoms with Crippen LogP contribution in [0.4, 0.5) is 0 Å². The summed E-state index contributed by atoms with van der Waals surface area (Å²) in [5.74, 6) is 2.69. The van der Waals surface area contributed by atoms with E-state index < -0.39 is 0 Å². The van der Waals surface area contributed by atoms with Crippen molar-refractivity contribution in [1.82, 2.24) is 19.8 Å². The molecule has 2 heterocycles. The van der Waals surface area contributed by atoms with Crippen LogP contribution in [0.5, 0.6) is 0 Å². The second-order valence-corrected chi connectivity index (χ2v) is 9.16. The maximum atomic E-state index is 13.6. The van der Waals surface area contributed by atoms with E-state index in [1.165, 1.54) is 18.7 Å². The Hall–Kier alpha value is -2.37. The molecule has 6 heteroatoms. The van der Waals surface area contributed by atoms with Gasteiger partial charge in [-0.15, -0.1) is 0 Å². The fraction of sp³-hybridized carbons (Fsp3) is 0.609. The molecule has 6 nitrogen and oxygen atoms in total. The van der Waals surface area contributed by atoms with E-state index in [1.54, 1.807) is 0 Å². The van der Waals surface area contributed by atoms with E-state index in [1.807, 2.05) is 24.9 Å². The zero-order valence-corrected chi connectivity index (χ0v) is 18.2. The fourth-order valence-electron chi connectivity index (χ4n) is 4.22. The van der Waals surface area contributed by atoms with Gasteiger partial charge in [0.25, 0.3) is 5.91 Å². The number of nitrogens with one attached hydrogen (secondary N) is 1. The highest BCUT2D eigenvalue weighted by Gasteiger charge is 2.39. The number of allylic oxidation sites excluding steroid dienone is 1. The maximum absolute atomic E-state index is 13.6. The third-order valence-corrected chi connectivity index (χ3v) is 6.38. The van der Waals surface area contributed by atoms with E-state index in [0.29, 0.717) is 12.5 Å². The predicted molar refractivity (Wildman–Crippen MR) is 116 cm³/mol. The number of hydrogen-bond donors (Lipinski definition) is 1. The van der Waals surface area contributed by atoms with Crippen molar-refractivity contribution in [3.05, 3.63) is 40.3 Å². The molecule has 3 aliphatic rings. The number of fused-ring (bicyclic) bond motifs is 1. The summed E-state index contributed by atoms with van der Waals surface area (Å²) >= 11 is 0. The summed E-state index contributed by atoms with van der Waals surface area (Å²) in [5, 5.41) is 3.53. The fourth-order valence-corrected chi connectivity index (χ4v) is 4.22. The number of nitrogens with zero attached hydrogens (tertiary/aromatic N) is 4. The third-order valence-electron chi connectivity index (χ3n) is 6.38. The Balaban J connectivity index is 1.60. The number of carbonyl (C=O) groups is 1. The highest BCUT2D eigenvalue weighted by atomic mass is 16.2. The summed E-state index contributed by atoms with van der Waals surface area (Å²) in [6, 6.07) is 0. The third kappa shape index (κ3) is 3.89. The van der Waals surface area contributed by atoms with Gasteiger partial charge in [0.05, 0.1) is 18.4 Å². The van der Waals surface area contributed by atoms with Crippen molar-refractivity contribution >= 4 is 12.6 Å². The van der Waals surface area contributed by atoms with Crippen LogP contribution in [0.2, 0.25) is 0 Å². The number of rotatable bonds is 7. The Labute approximate surface area is 173 Å². The molecule has 0 atom stereocenters. The standard InChI is InChI=1S/C23H33N5O/c1-6-18(20(24-5)26-23(4)9-10-23)19(15(2)3)22(29)27-11-12-28-17(14-27)13-25-21(28)16-7-8-16/h13,16,26H,5-12,14H2,1-4H3/b20-18-. The minimum atomic E-state index is 0.0869. The van der Waals surface area contributed by atoms with Crippen molar-refractivity contribution in [1.29, 1.82) is 0 Å². The number of imidazole rings is 1. The van der Waals surface area contributed by atoms with Crippen molar-refractivity contribution in [2.75, 3.05) is 6.54 Å². The molecule has 0 saturated heterocycles. The highest BCUT2D eigenvalue weighted by Crippen LogP contribution is 2.40. The first-order valence-electron chi connectivity index (χ1n) is 10.9. The zero-order valence-electron chi connectivity index (χ0n) is 18.2. The van der Waals surface area contributed by atoms with E-state index in [2.05, 4.69) is 40.4 Å². The zero-order chi connectivity index (χ0) is 20.8. The van der Waals surface area contributed by atoms with Gasteiger partial charge in [-0.25, -0.2) is 9.98 Å². The van der Waals surface area contributed by atoms with E-state index in [-0.39, 0.29) is 11.4 Å². The molecule has 1 aromatic heterocycles. The average Bonchev–Trinajstić information content (AvgIpc) is 3.63. The lowest BCUT2D eigenvalue weighted by molar-refractivity contribution is -0.128. The van der Waals surface area contributed by atoms with Crippen LogP contribution in [-0.2, 0) is 17.9 Å². The van der Waals surface area contributed by atoms with Crippen molar-refractivity contribution in [2.24, 2.45) is 4.99 Å². The molecule has 29 heavy (non-hydrogen) atoms. The van der Waals surface area contributed by atoms with Crippen molar-refractivity contribution < 1.29 is 4.79 Å². The van der Waals surface area contributed by atoms with Gasteiger partial charge in [0.1, 0.15) is 11.6 Å². The lowest BCUT2D eigenvalue weighted by atomic mass is 9.97. The SMILES string of the molecule is C=N/C(NC1(C)CC1)=C(\CC)C(C(=O)N1CCn2c(cnc2C2CC2)C1)=C(C)C. The van der Waals surface area contributed by atoms with Crippen LogP contribution in [0.1, 0.15) is 77.2 Å². The molecule has 1 N–H and O–H groups in total. The van der Waals surface area contributed by atoms with Gasteiger partial charge in [0.15, 0.2) is 0 Å². The number of aliphatic imine (C=N–C) groups is 1. The molecule has 1 aliphatic heterocycles. The first kappa shape index (κ1) is 19.9.